The highest BCUT2D eigenvalue weighted by Crippen LogP contribution is 2.45. The van der Waals surface area contributed by atoms with E-state index in [1.54, 1.807) is 7.11 Å². The highest BCUT2D eigenvalue weighted by atomic mass is 16.5. The van der Waals surface area contributed by atoms with Crippen LogP contribution in [0, 0.1) is 20.8 Å². The van der Waals surface area contributed by atoms with E-state index in [0.717, 1.165) is 22.1 Å². The molecule has 0 aliphatic rings. The van der Waals surface area contributed by atoms with Crippen molar-refractivity contribution in [2.75, 3.05) is 28.4 Å². The first-order valence-electron chi connectivity index (χ1n) is 7.23. The third-order valence-electron chi connectivity index (χ3n) is 4.20. The molecular formula is C18H22O5. The molecule has 0 saturated carbocycles. The van der Waals surface area contributed by atoms with Crippen LogP contribution in [-0.2, 0) is 0 Å². The molecule has 0 N–H and O–H groups in total. The van der Waals surface area contributed by atoms with Gasteiger partial charge in [-0.1, -0.05) is 6.07 Å². The van der Waals surface area contributed by atoms with Crippen molar-refractivity contribution >= 4 is 10.8 Å². The Morgan fingerprint density at radius 3 is 1.70 bits per heavy atom. The van der Waals surface area contributed by atoms with E-state index >= 15 is 0 Å². The van der Waals surface area contributed by atoms with E-state index in [0.29, 0.717) is 28.4 Å². The van der Waals surface area contributed by atoms with Gasteiger partial charge in [-0.2, -0.15) is 0 Å². The van der Waals surface area contributed by atoms with Gasteiger partial charge in [0.1, 0.15) is 0 Å². The largest absolute Gasteiger partial charge is 0.492 e. The zero-order chi connectivity index (χ0) is 17.3. The van der Waals surface area contributed by atoms with E-state index in [4.69, 9.17) is 18.9 Å². The normalized spacial score (nSPS) is 10.6. The van der Waals surface area contributed by atoms with E-state index in [1.165, 1.54) is 21.3 Å². The minimum atomic E-state index is -0.228. The van der Waals surface area contributed by atoms with Crippen LogP contribution in [-0.4, -0.2) is 28.4 Å². The Kier molecular flexibility index (Phi) is 4.68. The molecule has 2 aromatic rings. The van der Waals surface area contributed by atoms with Gasteiger partial charge in [-0.15, -0.1) is 0 Å². The minimum absolute atomic E-state index is 0.228. The average molecular weight is 318 g/mol. The van der Waals surface area contributed by atoms with Gasteiger partial charge >= 0.3 is 0 Å². The molecule has 0 aliphatic heterocycles. The average Bonchev–Trinajstić information content (AvgIpc) is 2.63. The maximum atomic E-state index is 13.0. The molecule has 2 rings (SSSR count). The molecule has 0 spiro atoms. The van der Waals surface area contributed by atoms with Crippen molar-refractivity contribution in [2.45, 2.75) is 20.8 Å². The van der Waals surface area contributed by atoms with Crippen molar-refractivity contribution in [3.8, 4) is 23.0 Å². The summed E-state index contributed by atoms with van der Waals surface area (Å²) in [6.07, 6.45) is 0. The lowest BCUT2D eigenvalue weighted by atomic mass is 10.0. The highest BCUT2D eigenvalue weighted by Gasteiger charge is 2.23. The molecule has 124 valence electrons. The van der Waals surface area contributed by atoms with E-state index in [1.807, 2.05) is 26.8 Å². The SMILES string of the molecule is COc1c(OC)c(OC)c2c(=O)c(OC)c(C)c(C)cc2c1C. The summed E-state index contributed by atoms with van der Waals surface area (Å²) in [5.74, 6) is 1.62. The fraction of sp³-hybridized carbons (Fsp3) is 0.389. The molecule has 5 heteroatoms. The Bertz CT molecular complexity index is 824. The topological polar surface area (TPSA) is 54.0 Å². The third-order valence-corrected chi connectivity index (χ3v) is 4.20. The highest BCUT2D eigenvalue weighted by molar-refractivity contribution is 5.96. The number of benzene rings is 1. The summed E-state index contributed by atoms with van der Waals surface area (Å²) in [6, 6.07) is 1.95. The summed E-state index contributed by atoms with van der Waals surface area (Å²) in [5, 5.41) is 1.18. The number of methoxy groups -OCH3 is 4. The second-order valence-electron chi connectivity index (χ2n) is 5.33. The minimum Gasteiger partial charge on any atom is -0.492 e. The zero-order valence-corrected chi connectivity index (χ0v) is 14.6. The van der Waals surface area contributed by atoms with Crippen molar-refractivity contribution in [1.82, 2.24) is 0 Å². The second kappa shape index (κ2) is 6.36. The smallest absolute Gasteiger partial charge is 0.232 e. The Morgan fingerprint density at radius 1 is 0.696 bits per heavy atom. The van der Waals surface area contributed by atoms with E-state index < -0.39 is 0 Å². The van der Waals surface area contributed by atoms with Crippen LogP contribution in [0.2, 0.25) is 0 Å². The summed E-state index contributed by atoms with van der Waals surface area (Å²) in [4.78, 5) is 13.0. The number of fused-ring (bicyclic) bond motifs is 1. The van der Waals surface area contributed by atoms with Gasteiger partial charge in [0, 0.05) is 5.56 Å². The van der Waals surface area contributed by atoms with Crippen molar-refractivity contribution in [1.29, 1.82) is 0 Å². The first-order chi connectivity index (χ1) is 10.9. The summed E-state index contributed by atoms with van der Waals surface area (Å²) in [6.45, 7) is 5.70. The number of aryl methyl sites for hydroxylation is 2. The molecule has 0 heterocycles. The van der Waals surface area contributed by atoms with E-state index in [2.05, 4.69) is 0 Å². The molecule has 2 aromatic carbocycles. The Morgan fingerprint density at radius 2 is 1.22 bits per heavy atom. The summed E-state index contributed by atoms with van der Waals surface area (Å²) >= 11 is 0. The van der Waals surface area contributed by atoms with Crippen LogP contribution in [0.3, 0.4) is 0 Å². The third kappa shape index (κ3) is 2.46. The van der Waals surface area contributed by atoms with Crippen LogP contribution < -0.4 is 24.4 Å². The van der Waals surface area contributed by atoms with Gasteiger partial charge in [-0.25, -0.2) is 0 Å². The lowest BCUT2D eigenvalue weighted by Crippen LogP contribution is -2.08. The number of hydrogen-bond donors (Lipinski definition) is 0. The molecule has 0 saturated heterocycles. The lowest BCUT2D eigenvalue weighted by molar-refractivity contribution is 0.325. The Balaban J connectivity index is 3.26. The van der Waals surface area contributed by atoms with Crippen molar-refractivity contribution < 1.29 is 18.9 Å². The van der Waals surface area contributed by atoms with Gasteiger partial charge < -0.3 is 18.9 Å². The summed E-state index contributed by atoms with van der Waals surface area (Å²) in [7, 11) is 6.09. The predicted octanol–water partition coefficient (Wildman–Crippen LogP) is 3.16. The maximum Gasteiger partial charge on any atom is 0.232 e. The Labute approximate surface area is 135 Å². The van der Waals surface area contributed by atoms with Gasteiger partial charge in [0.2, 0.25) is 11.2 Å². The van der Waals surface area contributed by atoms with Gasteiger partial charge in [0.25, 0.3) is 0 Å². The number of rotatable bonds is 4. The zero-order valence-electron chi connectivity index (χ0n) is 14.6. The quantitative estimate of drug-likeness (QED) is 0.867. The molecule has 0 atom stereocenters. The molecule has 0 bridgehead atoms. The predicted molar refractivity (Wildman–Crippen MR) is 90.6 cm³/mol. The van der Waals surface area contributed by atoms with Gasteiger partial charge in [-0.05, 0) is 37.3 Å². The molecule has 0 radical (unpaired) electrons. The van der Waals surface area contributed by atoms with Crippen molar-refractivity contribution in [3.63, 3.8) is 0 Å². The molecule has 0 fully saturated rings. The first kappa shape index (κ1) is 16.9. The van der Waals surface area contributed by atoms with Crippen LogP contribution in [0.4, 0.5) is 0 Å². The van der Waals surface area contributed by atoms with Crippen LogP contribution >= 0.6 is 0 Å². The first-order valence-corrected chi connectivity index (χ1v) is 7.23. The molecule has 0 aromatic heterocycles. The molecule has 0 unspecified atom stereocenters. The summed E-state index contributed by atoms with van der Waals surface area (Å²) < 4.78 is 21.8. The summed E-state index contributed by atoms with van der Waals surface area (Å²) in [5.41, 5.74) is 2.34. The van der Waals surface area contributed by atoms with E-state index in [9.17, 15) is 4.79 Å². The monoisotopic (exact) mass is 318 g/mol. The number of ether oxygens (including phenoxy) is 4. The lowest BCUT2D eigenvalue weighted by Gasteiger charge is -2.16. The standard InChI is InChI=1S/C18H22O5/c1-9-8-12-11(3)16(21-5)18(23-7)17(22-6)13(12)14(19)15(20-4)10(9)2/h8H,1-7H3. The van der Waals surface area contributed by atoms with Crippen LogP contribution in [0.5, 0.6) is 23.0 Å². The van der Waals surface area contributed by atoms with Gasteiger partial charge in [0.15, 0.2) is 17.2 Å². The molecule has 5 nitrogen and oxygen atoms in total. The van der Waals surface area contributed by atoms with Crippen LogP contribution in [0.15, 0.2) is 10.9 Å². The fourth-order valence-electron chi connectivity index (χ4n) is 2.88. The molecular weight excluding hydrogens is 296 g/mol. The van der Waals surface area contributed by atoms with E-state index in [-0.39, 0.29) is 5.43 Å². The number of hydrogen-bond acceptors (Lipinski definition) is 5. The maximum absolute atomic E-state index is 13.0. The van der Waals surface area contributed by atoms with Gasteiger partial charge in [-0.3, -0.25) is 4.79 Å². The van der Waals surface area contributed by atoms with Crippen molar-refractivity contribution in [3.05, 3.63) is 33.0 Å². The second-order valence-corrected chi connectivity index (χ2v) is 5.33. The Hall–Kier alpha value is -2.43. The van der Waals surface area contributed by atoms with Crippen molar-refractivity contribution in [2.24, 2.45) is 0 Å². The fourth-order valence-corrected chi connectivity index (χ4v) is 2.88. The van der Waals surface area contributed by atoms with Crippen LogP contribution in [0.25, 0.3) is 10.8 Å². The van der Waals surface area contributed by atoms with Crippen LogP contribution in [0.1, 0.15) is 16.7 Å². The molecule has 0 aliphatic carbocycles. The van der Waals surface area contributed by atoms with Gasteiger partial charge in [0.05, 0.1) is 33.8 Å². The molecule has 0 amide bonds. The molecule has 23 heavy (non-hydrogen) atoms.